The van der Waals surface area contributed by atoms with Crippen LogP contribution in [-0.2, 0) is 0 Å². The van der Waals surface area contributed by atoms with Gasteiger partial charge in [-0.05, 0) is 31.6 Å². The third kappa shape index (κ3) is 1.70. The van der Waals surface area contributed by atoms with Gasteiger partial charge in [0.2, 0.25) is 0 Å². The zero-order valence-electron chi connectivity index (χ0n) is 6.47. The fourth-order valence-electron chi connectivity index (χ4n) is 1.51. The third-order valence-corrected chi connectivity index (χ3v) is 2.37. The molecule has 2 heteroatoms. The Morgan fingerprint density at radius 2 is 2.20 bits per heavy atom. The summed E-state index contributed by atoms with van der Waals surface area (Å²) in [6.45, 7) is 3.78. The number of hydrogen-bond acceptors (Lipinski definition) is 2. The molecule has 2 aliphatic rings. The van der Waals surface area contributed by atoms with Crippen molar-refractivity contribution in [2.75, 3.05) is 19.6 Å². The Labute approximate surface area is 62.6 Å². The number of rotatable bonds is 2. The predicted molar refractivity (Wildman–Crippen MR) is 41.5 cm³/mol. The molecule has 0 amide bonds. The van der Waals surface area contributed by atoms with Crippen molar-refractivity contribution in [3.05, 3.63) is 0 Å². The molecule has 2 nitrogen and oxygen atoms in total. The lowest BCUT2D eigenvalue weighted by atomic mass is 10.2. The molecule has 1 heterocycles. The Morgan fingerprint density at radius 3 is 2.80 bits per heavy atom. The highest BCUT2D eigenvalue weighted by atomic mass is 15.5. The largest absolute Gasteiger partial charge is 0.255 e. The summed E-state index contributed by atoms with van der Waals surface area (Å²) in [6.07, 6.45) is 5.69. The average molecular weight is 140 g/mol. The zero-order chi connectivity index (χ0) is 6.81. The van der Waals surface area contributed by atoms with Gasteiger partial charge in [-0.2, -0.15) is 0 Å². The van der Waals surface area contributed by atoms with Gasteiger partial charge in [-0.25, -0.2) is 5.01 Å². The zero-order valence-corrected chi connectivity index (χ0v) is 6.47. The highest BCUT2D eigenvalue weighted by Crippen LogP contribution is 2.29. The van der Waals surface area contributed by atoms with Crippen molar-refractivity contribution in [1.29, 1.82) is 0 Å². The van der Waals surface area contributed by atoms with E-state index in [0.29, 0.717) is 0 Å². The number of hydrogen-bond donors (Lipinski definition) is 1. The van der Waals surface area contributed by atoms with E-state index >= 15 is 0 Å². The van der Waals surface area contributed by atoms with Crippen LogP contribution in [0.25, 0.3) is 0 Å². The molecule has 1 saturated heterocycles. The highest BCUT2D eigenvalue weighted by Gasteiger charge is 2.24. The molecular weight excluding hydrogens is 124 g/mol. The van der Waals surface area contributed by atoms with E-state index in [2.05, 4.69) is 10.4 Å². The van der Waals surface area contributed by atoms with Crippen LogP contribution in [0.3, 0.4) is 0 Å². The van der Waals surface area contributed by atoms with Crippen LogP contribution in [0.15, 0.2) is 0 Å². The van der Waals surface area contributed by atoms with Crippen molar-refractivity contribution in [3.63, 3.8) is 0 Å². The monoisotopic (exact) mass is 140 g/mol. The first kappa shape index (κ1) is 6.62. The van der Waals surface area contributed by atoms with Crippen molar-refractivity contribution in [2.45, 2.75) is 25.7 Å². The molecule has 1 aliphatic heterocycles. The van der Waals surface area contributed by atoms with Crippen molar-refractivity contribution in [1.82, 2.24) is 10.4 Å². The summed E-state index contributed by atoms with van der Waals surface area (Å²) in [5, 5.41) is 2.40. The maximum absolute atomic E-state index is 3.42. The fraction of sp³-hybridized carbons (Fsp3) is 1.00. The maximum Gasteiger partial charge on any atom is 0.0159 e. The van der Waals surface area contributed by atoms with Gasteiger partial charge in [0.15, 0.2) is 0 Å². The normalized spacial score (nSPS) is 28.8. The molecule has 1 aliphatic carbocycles. The van der Waals surface area contributed by atoms with Crippen LogP contribution in [0, 0.1) is 5.92 Å². The average Bonchev–Trinajstić information content (AvgIpc) is 2.74. The van der Waals surface area contributed by atoms with E-state index in [1.807, 2.05) is 0 Å². The van der Waals surface area contributed by atoms with E-state index < -0.39 is 0 Å². The minimum atomic E-state index is 1.03. The molecule has 0 aromatic heterocycles. The van der Waals surface area contributed by atoms with Crippen molar-refractivity contribution in [3.8, 4) is 0 Å². The van der Waals surface area contributed by atoms with E-state index in [9.17, 15) is 0 Å². The van der Waals surface area contributed by atoms with Gasteiger partial charge in [-0.1, -0.05) is 0 Å². The second kappa shape index (κ2) is 2.89. The second-order valence-corrected chi connectivity index (χ2v) is 3.50. The summed E-state index contributed by atoms with van der Waals surface area (Å²) in [5.41, 5.74) is 3.42. The first-order valence-electron chi connectivity index (χ1n) is 4.43. The number of nitrogens with zero attached hydrogens (tertiary/aromatic N) is 1. The molecule has 0 atom stereocenters. The van der Waals surface area contributed by atoms with Gasteiger partial charge < -0.3 is 0 Å². The molecule has 1 saturated carbocycles. The Hall–Kier alpha value is -0.0800. The molecule has 2 rings (SSSR count). The highest BCUT2D eigenvalue weighted by molar-refractivity contribution is 4.76. The van der Waals surface area contributed by atoms with Crippen molar-refractivity contribution in [2.24, 2.45) is 5.92 Å². The minimum absolute atomic E-state index is 1.03. The van der Waals surface area contributed by atoms with E-state index in [0.717, 1.165) is 5.92 Å². The first-order valence-corrected chi connectivity index (χ1v) is 4.43. The topological polar surface area (TPSA) is 15.3 Å². The molecule has 0 spiro atoms. The molecule has 1 N–H and O–H groups in total. The fourth-order valence-corrected chi connectivity index (χ4v) is 1.51. The Bertz CT molecular complexity index is 104. The Kier molecular flexibility index (Phi) is 1.91. The minimum Gasteiger partial charge on any atom is -0.255 e. The van der Waals surface area contributed by atoms with Crippen LogP contribution in [0.1, 0.15) is 25.7 Å². The van der Waals surface area contributed by atoms with Crippen LogP contribution in [0.2, 0.25) is 0 Å². The van der Waals surface area contributed by atoms with Crippen LogP contribution in [0.5, 0.6) is 0 Å². The summed E-state index contributed by atoms with van der Waals surface area (Å²) >= 11 is 0. The van der Waals surface area contributed by atoms with Gasteiger partial charge in [-0.15, -0.1) is 0 Å². The SMILES string of the molecule is C1CCN(CC2CC2)NC1. The summed E-state index contributed by atoms with van der Waals surface area (Å²) in [5.74, 6) is 1.03. The molecule has 0 aromatic rings. The van der Waals surface area contributed by atoms with Gasteiger partial charge in [-0.3, -0.25) is 5.43 Å². The molecule has 58 valence electrons. The lowest BCUT2D eigenvalue weighted by Gasteiger charge is -2.27. The van der Waals surface area contributed by atoms with Crippen molar-refractivity contribution >= 4 is 0 Å². The molecule has 0 radical (unpaired) electrons. The van der Waals surface area contributed by atoms with Gasteiger partial charge >= 0.3 is 0 Å². The molecule has 10 heavy (non-hydrogen) atoms. The summed E-state index contributed by atoms with van der Waals surface area (Å²) in [4.78, 5) is 0. The van der Waals surface area contributed by atoms with Crippen LogP contribution >= 0.6 is 0 Å². The molecular formula is C8H16N2. The van der Waals surface area contributed by atoms with Crippen LogP contribution in [0.4, 0.5) is 0 Å². The summed E-state index contributed by atoms with van der Waals surface area (Å²) < 4.78 is 0. The van der Waals surface area contributed by atoms with E-state index in [-0.39, 0.29) is 0 Å². The summed E-state index contributed by atoms with van der Waals surface area (Å²) in [7, 11) is 0. The lowest BCUT2D eigenvalue weighted by molar-refractivity contribution is 0.146. The van der Waals surface area contributed by atoms with Gasteiger partial charge in [0, 0.05) is 19.6 Å². The Balaban J connectivity index is 1.69. The standard InChI is InChI=1S/C8H16N2/c1-2-6-10(9-5-1)7-8-3-4-8/h8-9H,1-7H2. The molecule has 2 fully saturated rings. The van der Waals surface area contributed by atoms with E-state index in [4.69, 9.17) is 0 Å². The smallest absolute Gasteiger partial charge is 0.0159 e. The van der Waals surface area contributed by atoms with E-state index in [1.165, 1.54) is 45.3 Å². The number of hydrazine groups is 1. The molecule has 0 bridgehead atoms. The van der Waals surface area contributed by atoms with E-state index in [1.54, 1.807) is 0 Å². The Morgan fingerprint density at radius 1 is 1.30 bits per heavy atom. The molecule has 0 aromatic carbocycles. The first-order chi connectivity index (χ1) is 4.95. The second-order valence-electron chi connectivity index (χ2n) is 3.50. The lowest BCUT2D eigenvalue weighted by Crippen LogP contribution is -2.44. The predicted octanol–water partition coefficient (Wildman–Crippen LogP) is 0.997. The maximum atomic E-state index is 3.42. The van der Waals surface area contributed by atoms with Gasteiger partial charge in [0.05, 0.1) is 0 Å². The molecule has 0 unspecified atom stereocenters. The quantitative estimate of drug-likeness (QED) is 0.615. The third-order valence-electron chi connectivity index (χ3n) is 2.37. The van der Waals surface area contributed by atoms with Crippen LogP contribution in [-0.4, -0.2) is 24.6 Å². The van der Waals surface area contributed by atoms with Crippen molar-refractivity contribution < 1.29 is 0 Å². The van der Waals surface area contributed by atoms with Gasteiger partial charge in [0.25, 0.3) is 0 Å². The van der Waals surface area contributed by atoms with Gasteiger partial charge in [0.1, 0.15) is 0 Å². The number of nitrogens with one attached hydrogen (secondary N) is 1. The summed E-state index contributed by atoms with van der Waals surface area (Å²) in [6, 6.07) is 0. The van der Waals surface area contributed by atoms with Crippen LogP contribution < -0.4 is 5.43 Å².